The number of rotatable bonds is 3. The van der Waals surface area contributed by atoms with Crippen LogP contribution in [0.5, 0.6) is 0 Å². The topological polar surface area (TPSA) is 79.6 Å². The van der Waals surface area contributed by atoms with E-state index in [0.29, 0.717) is 29.9 Å². The summed E-state index contributed by atoms with van der Waals surface area (Å²) < 4.78 is 1.82. The third-order valence-electron chi connectivity index (χ3n) is 4.71. The van der Waals surface area contributed by atoms with Crippen molar-refractivity contribution >= 4 is 17.5 Å². The molecule has 1 N–H and O–H groups in total. The first kappa shape index (κ1) is 16.3. The predicted octanol–water partition coefficient (Wildman–Crippen LogP) is 1.76. The molecule has 1 aliphatic rings. The van der Waals surface area contributed by atoms with Crippen molar-refractivity contribution in [1.82, 2.24) is 24.6 Å². The second kappa shape index (κ2) is 6.95. The maximum atomic E-state index is 12.6. The van der Waals surface area contributed by atoms with Crippen molar-refractivity contribution in [2.75, 3.05) is 13.1 Å². The summed E-state index contributed by atoms with van der Waals surface area (Å²) >= 11 is 0. The van der Waals surface area contributed by atoms with E-state index in [2.05, 4.69) is 15.3 Å². The van der Waals surface area contributed by atoms with E-state index in [4.69, 9.17) is 0 Å². The number of nitrogens with one attached hydrogen (secondary N) is 1. The van der Waals surface area contributed by atoms with Crippen LogP contribution in [-0.2, 0) is 0 Å². The lowest BCUT2D eigenvalue weighted by Crippen LogP contribution is -2.46. The lowest BCUT2D eigenvalue weighted by molar-refractivity contribution is 0.0698. The molecule has 4 heterocycles. The first-order valence-electron chi connectivity index (χ1n) is 8.64. The number of piperidine rings is 1. The van der Waals surface area contributed by atoms with Gasteiger partial charge in [-0.2, -0.15) is 0 Å². The summed E-state index contributed by atoms with van der Waals surface area (Å²) in [4.78, 5) is 35.1. The smallest absolute Gasteiger partial charge is 0.255 e. The quantitative estimate of drug-likeness (QED) is 0.781. The third kappa shape index (κ3) is 3.15. The molecule has 26 heavy (non-hydrogen) atoms. The van der Waals surface area contributed by atoms with Gasteiger partial charge in [0.15, 0.2) is 0 Å². The fraction of sp³-hybridized carbons (Fsp3) is 0.263. The van der Waals surface area contributed by atoms with Crippen LogP contribution in [0.4, 0.5) is 0 Å². The first-order valence-corrected chi connectivity index (χ1v) is 8.64. The molecule has 0 saturated carbocycles. The number of imidazole rings is 1. The summed E-state index contributed by atoms with van der Waals surface area (Å²) in [5, 5.41) is 3.08. The van der Waals surface area contributed by atoms with Gasteiger partial charge < -0.3 is 14.6 Å². The highest BCUT2D eigenvalue weighted by Crippen LogP contribution is 2.15. The zero-order valence-electron chi connectivity index (χ0n) is 14.2. The van der Waals surface area contributed by atoms with Crippen molar-refractivity contribution in [1.29, 1.82) is 0 Å². The molecule has 0 unspecified atom stereocenters. The molecule has 1 aliphatic heterocycles. The van der Waals surface area contributed by atoms with Gasteiger partial charge in [0, 0.05) is 55.7 Å². The zero-order valence-corrected chi connectivity index (χ0v) is 14.2. The van der Waals surface area contributed by atoms with Crippen molar-refractivity contribution in [3.05, 3.63) is 66.4 Å². The third-order valence-corrected chi connectivity index (χ3v) is 4.71. The summed E-state index contributed by atoms with van der Waals surface area (Å²) in [6.07, 6.45) is 10.1. The van der Waals surface area contributed by atoms with Crippen LogP contribution in [0.25, 0.3) is 5.65 Å². The molecule has 132 valence electrons. The highest BCUT2D eigenvalue weighted by Gasteiger charge is 2.25. The van der Waals surface area contributed by atoms with E-state index in [1.165, 1.54) is 0 Å². The van der Waals surface area contributed by atoms with Crippen LogP contribution in [-0.4, -0.2) is 50.2 Å². The summed E-state index contributed by atoms with van der Waals surface area (Å²) in [5.41, 5.74) is 1.86. The van der Waals surface area contributed by atoms with E-state index >= 15 is 0 Å². The first-order chi connectivity index (χ1) is 12.7. The van der Waals surface area contributed by atoms with Crippen LogP contribution < -0.4 is 5.32 Å². The number of aromatic nitrogens is 3. The molecule has 1 saturated heterocycles. The lowest BCUT2D eigenvalue weighted by Gasteiger charge is -2.32. The standard InChI is InChI=1S/C19H19N5O2/c25-18(16-2-1-10-23-13-9-21-17(16)23)22-15-5-11-24(12-6-15)19(26)14-3-7-20-8-4-14/h1-4,7-10,13,15H,5-6,11-12H2,(H,22,25). The van der Waals surface area contributed by atoms with Gasteiger partial charge in [-0.3, -0.25) is 14.6 Å². The number of amides is 2. The molecule has 4 rings (SSSR count). The molecule has 3 aromatic heterocycles. The zero-order chi connectivity index (χ0) is 17.9. The van der Waals surface area contributed by atoms with Crippen molar-refractivity contribution in [3.63, 3.8) is 0 Å². The molecule has 2 amide bonds. The maximum absolute atomic E-state index is 12.6. The largest absolute Gasteiger partial charge is 0.349 e. The number of hydrogen-bond acceptors (Lipinski definition) is 4. The molecule has 0 aromatic carbocycles. The van der Waals surface area contributed by atoms with Crippen LogP contribution in [0.1, 0.15) is 33.6 Å². The Hall–Kier alpha value is -3.22. The predicted molar refractivity (Wildman–Crippen MR) is 95.8 cm³/mol. The van der Waals surface area contributed by atoms with Crippen molar-refractivity contribution < 1.29 is 9.59 Å². The normalized spacial score (nSPS) is 15.2. The molecule has 0 aliphatic carbocycles. The number of hydrogen-bond donors (Lipinski definition) is 1. The minimum atomic E-state index is -0.124. The van der Waals surface area contributed by atoms with E-state index in [1.54, 1.807) is 36.8 Å². The average Bonchev–Trinajstić information content (AvgIpc) is 3.17. The van der Waals surface area contributed by atoms with Crippen LogP contribution in [0.2, 0.25) is 0 Å². The molecule has 7 nitrogen and oxygen atoms in total. The monoisotopic (exact) mass is 349 g/mol. The van der Waals surface area contributed by atoms with Gasteiger partial charge in [-0.25, -0.2) is 4.98 Å². The Kier molecular flexibility index (Phi) is 4.35. The van der Waals surface area contributed by atoms with Crippen LogP contribution >= 0.6 is 0 Å². The Balaban J connectivity index is 1.37. The molecular weight excluding hydrogens is 330 g/mol. The SMILES string of the molecule is O=C(NC1CCN(C(=O)c2ccncc2)CC1)c1cccn2ccnc12. The summed E-state index contributed by atoms with van der Waals surface area (Å²) in [5.74, 6) is -0.111. The van der Waals surface area contributed by atoms with E-state index in [1.807, 2.05) is 27.8 Å². The number of likely N-dealkylation sites (tertiary alicyclic amines) is 1. The van der Waals surface area contributed by atoms with Crippen LogP contribution in [0, 0.1) is 0 Å². The summed E-state index contributed by atoms with van der Waals surface area (Å²) in [6.45, 7) is 1.25. The molecule has 7 heteroatoms. The Morgan fingerprint density at radius 3 is 2.58 bits per heavy atom. The van der Waals surface area contributed by atoms with Gasteiger partial charge in [-0.1, -0.05) is 0 Å². The Morgan fingerprint density at radius 1 is 1.04 bits per heavy atom. The van der Waals surface area contributed by atoms with E-state index < -0.39 is 0 Å². The van der Waals surface area contributed by atoms with Gasteiger partial charge in [-0.05, 0) is 37.1 Å². The highest BCUT2D eigenvalue weighted by atomic mass is 16.2. The minimum absolute atomic E-state index is 0.0133. The molecular formula is C19H19N5O2. The van der Waals surface area contributed by atoms with Crippen molar-refractivity contribution in [2.45, 2.75) is 18.9 Å². The van der Waals surface area contributed by atoms with Crippen molar-refractivity contribution in [3.8, 4) is 0 Å². The Morgan fingerprint density at radius 2 is 1.81 bits per heavy atom. The fourth-order valence-corrected chi connectivity index (χ4v) is 3.29. The molecule has 0 atom stereocenters. The Labute approximate surface area is 150 Å². The number of nitrogens with zero attached hydrogens (tertiary/aromatic N) is 4. The molecule has 0 radical (unpaired) electrons. The summed E-state index contributed by atoms with van der Waals surface area (Å²) in [7, 11) is 0. The number of carbonyl (C=O) groups excluding carboxylic acids is 2. The second-order valence-corrected chi connectivity index (χ2v) is 6.36. The Bertz CT molecular complexity index is 929. The van der Waals surface area contributed by atoms with E-state index in [0.717, 1.165) is 12.8 Å². The molecule has 0 bridgehead atoms. The molecule has 3 aromatic rings. The van der Waals surface area contributed by atoms with E-state index in [-0.39, 0.29) is 17.9 Å². The second-order valence-electron chi connectivity index (χ2n) is 6.36. The number of pyridine rings is 2. The van der Waals surface area contributed by atoms with Gasteiger partial charge in [0.25, 0.3) is 11.8 Å². The van der Waals surface area contributed by atoms with Gasteiger partial charge >= 0.3 is 0 Å². The number of fused-ring (bicyclic) bond motifs is 1. The maximum Gasteiger partial charge on any atom is 0.255 e. The van der Waals surface area contributed by atoms with Crippen LogP contribution in [0.3, 0.4) is 0 Å². The fourth-order valence-electron chi connectivity index (χ4n) is 3.29. The molecule has 0 spiro atoms. The van der Waals surface area contributed by atoms with E-state index in [9.17, 15) is 9.59 Å². The highest BCUT2D eigenvalue weighted by molar-refractivity contribution is 6.00. The van der Waals surface area contributed by atoms with Gasteiger partial charge in [-0.15, -0.1) is 0 Å². The minimum Gasteiger partial charge on any atom is -0.349 e. The molecule has 1 fully saturated rings. The average molecular weight is 349 g/mol. The lowest BCUT2D eigenvalue weighted by atomic mass is 10.0. The van der Waals surface area contributed by atoms with Gasteiger partial charge in [0.05, 0.1) is 5.56 Å². The summed E-state index contributed by atoms with van der Waals surface area (Å²) in [6, 6.07) is 7.11. The van der Waals surface area contributed by atoms with Gasteiger partial charge in [0.2, 0.25) is 0 Å². The number of carbonyl (C=O) groups is 2. The van der Waals surface area contributed by atoms with Crippen molar-refractivity contribution in [2.24, 2.45) is 0 Å². The van der Waals surface area contributed by atoms with Crippen LogP contribution in [0.15, 0.2) is 55.2 Å². The van der Waals surface area contributed by atoms with Gasteiger partial charge in [0.1, 0.15) is 5.65 Å².